The lowest BCUT2D eigenvalue weighted by Gasteiger charge is -1.99. The van der Waals surface area contributed by atoms with Crippen LogP contribution in [0.3, 0.4) is 0 Å². The van der Waals surface area contributed by atoms with E-state index < -0.39 is 0 Å². The third kappa shape index (κ3) is 2.43. The fourth-order valence-corrected chi connectivity index (χ4v) is 2.72. The Morgan fingerprint density at radius 1 is 1.11 bits per heavy atom. The smallest absolute Gasteiger partial charge is 0.200 e. The molecule has 0 bridgehead atoms. The molecule has 0 atom stereocenters. The van der Waals surface area contributed by atoms with Gasteiger partial charge in [-0.05, 0) is 17.7 Å². The predicted octanol–water partition coefficient (Wildman–Crippen LogP) is 3.75. The number of imidazole rings is 1. The molecule has 1 aromatic carbocycles. The molecule has 18 heavy (non-hydrogen) atoms. The second kappa shape index (κ2) is 5.06. The maximum absolute atomic E-state index is 4.13. The van der Waals surface area contributed by atoms with Gasteiger partial charge in [-0.25, -0.2) is 4.98 Å². The van der Waals surface area contributed by atoms with Crippen LogP contribution in [0.25, 0.3) is 10.4 Å². The quantitative estimate of drug-likeness (QED) is 0.745. The largest absolute Gasteiger partial charge is 0.351 e. The standard InChI is InChI=1S/C14H13N3S/c1-2-4-11(5-3-1)13-7-6-12(18-13)10-17-14-15-8-9-16-14/h1-9H,10H2,(H2,15,16,17). The van der Waals surface area contributed by atoms with Gasteiger partial charge in [0, 0.05) is 22.1 Å². The van der Waals surface area contributed by atoms with Crippen LogP contribution in [0.2, 0.25) is 0 Å². The Morgan fingerprint density at radius 2 is 2.00 bits per heavy atom. The Labute approximate surface area is 110 Å². The Balaban J connectivity index is 1.70. The van der Waals surface area contributed by atoms with E-state index in [4.69, 9.17) is 0 Å². The minimum Gasteiger partial charge on any atom is -0.351 e. The van der Waals surface area contributed by atoms with Crippen molar-refractivity contribution in [3.63, 3.8) is 0 Å². The highest BCUT2D eigenvalue weighted by Gasteiger charge is 2.02. The van der Waals surface area contributed by atoms with E-state index in [0.29, 0.717) is 0 Å². The third-order valence-electron chi connectivity index (χ3n) is 2.65. The van der Waals surface area contributed by atoms with Crippen LogP contribution in [0.4, 0.5) is 5.95 Å². The van der Waals surface area contributed by atoms with Crippen LogP contribution in [-0.2, 0) is 6.54 Å². The highest BCUT2D eigenvalue weighted by Crippen LogP contribution is 2.28. The van der Waals surface area contributed by atoms with Crippen molar-refractivity contribution in [3.8, 4) is 10.4 Å². The number of aromatic nitrogens is 2. The Kier molecular flexibility index (Phi) is 3.10. The van der Waals surface area contributed by atoms with Crippen LogP contribution in [0.15, 0.2) is 54.9 Å². The van der Waals surface area contributed by atoms with Crippen molar-refractivity contribution in [2.75, 3.05) is 5.32 Å². The molecule has 2 aromatic heterocycles. The van der Waals surface area contributed by atoms with E-state index in [1.807, 2.05) is 12.3 Å². The SMILES string of the molecule is c1ccc(-c2ccc(CNc3ncc[nH]3)s2)cc1. The second-order valence-corrected chi connectivity index (χ2v) is 5.09. The molecule has 0 aliphatic heterocycles. The molecule has 3 rings (SSSR count). The fourth-order valence-electron chi connectivity index (χ4n) is 1.76. The zero-order valence-electron chi connectivity index (χ0n) is 9.76. The number of hydrogen-bond acceptors (Lipinski definition) is 3. The minimum absolute atomic E-state index is 0.797. The first-order valence-corrected chi connectivity index (χ1v) is 6.61. The highest BCUT2D eigenvalue weighted by atomic mass is 32.1. The van der Waals surface area contributed by atoms with Gasteiger partial charge >= 0.3 is 0 Å². The molecule has 3 aromatic rings. The molecule has 4 heteroatoms. The van der Waals surface area contributed by atoms with Crippen molar-refractivity contribution < 1.29 is 0 Å². The molecule has 0 amide bonds. The van der Waals surface area contributed by atoms with Crippen LogP contribution < -0.4 is 5.32 Å². The van der Waals surface area contributed by atoms with Crippen molar-refractivity contribution in [2.24, 2.45) is 0 Å². The summed E-state index contributed by atoms with van der Waals surface area (Å²) in [6.07, 6.45) is 3.55. The van der Waals surface area contributed by atoms with E-state index in [9.17, 15) is 0 Å². The normalized spacial score (nSPS) is 10.4. The number of benzene rings is 1. The Morgan fingerprint density at radius 3 is 2.78 bits per heavy atom. The highest BCUT2D eigenvalue weighted by molar-refractivity contribution is 7.15. The molecule has 0 fully saturated rings. The Bertz CT molecular complexity index is 599. The van der Waals surface area contributed by atoms with Crippen molar-refractivity contribution in [1.82, 2.24) is 9.97 Å². The van der Waals surface area contributed by atoms with Crippen LogP contribution in [-0.4, -0.2) is 9.97 Å². The molecule has 0 spiro atoms. The van der Waals surface area contributed by atoms with Gasteiger partial charge in [0.1, 0.15) is 0 Å². The third-order valence-corrected chi connectivity index (χ3v) is 3.78. The number of hydrogen-bond donors (Lipinski definition) is 2. The minimum atomic E-state index is 0.797. The van der Waals surface area contributed by atoms with Crippen LogP contribution in [0.1, 0.15) is 4.88 Å². The molecule has 2 N–H and O–H groups in total. The molecule has 0 aliphatic rings. The lowest BCUT2D eigenvalue weighted by molar-refractivity contribution is 1.12. The molecular weight excluding hydrogens is 242 g/mol. The van der Waals surface area contributed by atoms with E-state index in [1.54, 1.807) is 17.5 Å². The number of H-pyrrole nitrogens is 1. The molecule has 0 radical (unpaired) electrons. The van der Waals surface area contributed by atoms with E-state index in [0.717, 1.165) is 12.5 Å². The van der Waals surface area contributed by atoms with Crippen LogP contribution in [0.5, 0.6) is 0 Å². The molecule has 0 saturated carbocycles. The average molecular weight is 255 g/mol. The van der Waals surface area contributed by atoms with Gasteiger partial charge in [-0.3, -0.25) is 0 Å². The van der Waals surface area contributed by atoms with Gasteiger partial charge in [0.05, 0.1) is 6.54 Å². The molecule has 2 heterocycles. The van der Waals surface area contributed by atoms with E-state index in [1.165, 1.54) is 15.3 Å². The molecular formula is C14H13N3S. The summed E-state index contributed by atoms with van der Waals surface area (Å²) >= 11 is 1.80. The first-order valence-electron chi connectivity index (χ1n) is 5.79. The maximum atomic E-state index is 4.13. The van der Waals surface area contributed by atoms with Crippen molar-refractivity contribution in [3.05, 3.63) is 59.7 Å². The van der Waals surface area contributed by atoms with E-state index in [-0.39, 0.29) is 0 Å². The molecule has 90 valence electrons. The summed E-state index contributed by atoms with van der Waals surface area (Å²) in [5.41, 5.74) is 1.27. The van der Waals surface area contributed by atoms with Crippen molar-refractivity contribution >= 4 is 17.3 Å². The average Bonchev–Trinajstić information content (AvgIpc) is 3.09. The zero-order valence-corrected chi connectivity index (χ0v) is 10.6. The maximum Gasteiger partial charge on any atom is 0.200 e. The summed E-state index contributed by atoms with van der Waals surface area (Å²) in [7, 11) is 0. The summed E-state index contributed by atoms with van der Waals surface area (Å²) in [6, 6.07) is 14.8. The molecule has 0 aliphatic carbocycles. The first kappa shape index (κ1) is 11.0. The fraction of sp³-hybridized carbons (Fsp3) is 0.0714. The van der Waals surface area contributed by atoms with Crippen LogP contribution in [0, 0.1) is 0 Å². The lowest BCUT2D eigenvalue weighted by Crippen LogP contribution is -1.98. The summed E-state index contributed by atoms with van der Waals surface area (Å²) < 4.78 is 0. The number of rotatable bonds is 4. The van der Waals surface area contributed by atoms with Gasteiger partial charge in [-0.1, -0.05) is 30.3 Å². The summed E-state index contributed by atoms with van der Waals surface area (Å²) in [5, 5.41) is 3.25. The summed E-state index contributed by atoms with van der Waals surface area (Å²) in [4.78, 5) is 9.76. The van der Waals surface area contributed by atoms with Gasteiger partial charge in [-0.15, -0.1) is 11.3 Å². The number of anilines is 1. The summed E-state index contributed by atoms with van der Waals surface area (Å²) in [6.45, 7) is 0.797. The van der Waals surface area contributed by atoms with E-state index >= 15 is 0 Å². The predicted molar refractivity (Wildman–Crippen MR) is 75.7 cm³/mol. The topological polar surface area (TPSA) is 40.7 Å². The zero-order chi connectivity index (χ0) is 12.2. The van der Waals surface area contributed by atoms with Gasteiger partial charge in [0.25, 0.3) is 0 Å². The van der Waals surface area contributed by atoms with Gasteiger partial charge in [-0.2, -0.15) is 0 Å². The van der Waals surface area contributed by atoms with Gasteiger partial charge in [0.15, 0.2) is 5.95 Å². The van der Waals surface area contributed by atoms with Crippen molar-refractivity contribution in [2.45, 2.75) is 6.54 Å². The Hall–Kier alpha value is -2.07. The van der Waals surface area contributed by atoms with Crippen molar-refractivity contribution in [1.29, 1.82) is 0 Å². The van der Waals surface area contributed by atoms with E-state index in [2.05, 4.69) is 51.7 Å². The van der Waals surface area contributed by atoms with Gasteiger partial charge < -0.3 is 10.3 Å². The lowest BCUT2D eigenvalue weighted by atomic mass is 10.2. The first-order chi connectivity index (χ1) is 8.92. The number of thiophene rings is 1. The molecule has 0 unspecified atom stereocenters. The summed E-state index contributed by atoms with van der Waals surface area (Å²) in [5.74, 6) is 0.810. The second-order valence-electron chi connectivity index (χ2n) is 3.92. The number of nitrogens with one attached hydrogen (secondary N) is 2. The van der Waals surface area contributed by atoms with Crippen LogP contribution >= 0.6 is 11.3 Å². The molecule has 3 nitrogen and oxygen atoms in total. The van der Waals surface area contributed by atoms with Gasteiger partial charge in [0.2, 0.25) is 0 Å². The monoisotopic (exact) mass is 255 g/mol. The number of aromatic amines is 1. The molecule has 0 saturated heterocycles. The number of nitrogens with zero attached hydrogens (tertiary/aromatic N) is 1.